The third kappa shape index (κ3) is 8.63. The lowest BCUT2D eigenvalue weighted by atomic mass is 9.72. The van der Waals surface area contributed by atoms with Gasteiger partial charge in [0.1, 0.15) is 12.0 Å². The summed E-state index contributed by atoms with van der Waals surface area (Å²) in [4.78, 5) is 26.0. The molecule has 2 amide bonds. The van der Waals surface area contributed by atoms with E-state index in [0.29, 0.717) is 55.5 Å². The van der Waals surface area contributed by atoms with Crippen LogP contribution in [0.2, 0.25) is 0 Å². The molecule has 0 aromatic heterocycles. The molecule has 1 aromatic carbocycles. The Labute approximate surface area is 241 Å². The summed E-state index contributed by atoms with van der Waals surface area (Å²) < 4.78 is 39.2. The molecule has 9 heteroatoms. The van der Waals surface area contributed by atoms with E-state index in [-0.39, 0.29) is 11.9 Å². The molecule has 0 aliphatic heterocycles. The maximum atomic E-state index is 13.6. The van der Waals surface area contributed by atoms with E-state index < -0.39 is 24.0 Å². The lowest BCUT2D eigenvalue weighted by Gasteiger charge is -2.32. The molecule has 222 valence electrons. The van der Waals surface area contributed by atoms with Gasteiger partial charge in [0.05, 0.1) is 0 Å². The molecule has 0 spiro atoms. The Morgan fingerprint density at radius 2 is 1.88 bits per heavy atom. The molecular weight excluding hydrogens is 529 g/mol. The van der Waals surface area contributed by atoms with Crippen LogP contribution in [0.15, 0.2) is 78.9 Å². The normalized spacial score (nSPS) is 17.7. The van der Waals surface area contributed by atoms with Gasteiger partial charge in [-0.2, -0.15) is 13.2 Å². The van der Waals surface area contributed by atoms with Gasteiger partial charge >= 0.3 is 6.18 Å². The number of alkyl halides is 3. The van der Waals surface area contributed by atoms with Gasteiger partial charge in [-0.05, 0) is 74.0 Å². The predicted octanol–water partition coefficient (Wildman–Crippen LogP) is 5.94. The van der Waals surface area contributed by atoms with Gasteiger partial charge in [0.2, 0.25) is 5.91 Å². The fraction of sp³-hybridized carbons (Fsp3) is 0.406. The quantitative estimate of drug-likeness (QED) is 0.0809. The van der Waals surface area contributed by atoms with Crippen molar-refractivity contribution in [2.75, 3.05) is 19.6 Å². The third-order valence-corrected chi connectivity index (χ3v) is 7.20. The molecule has 41 heavy (non-hydrogen) atoms. The second-order valence-corrected chi connectivity index (χ2v) is 9.85. The van der Waals surface area contributed by atoms with E-state index in [9.17, 15) is 22.8 Å². The summed E-state index contributed by atoms with van der Waals surface area (Å²) in [5.41, 5.74) is 1.97. The fourth-order valence-electron chi connectivity index (χ4n) is 5.20. The number of unbranched alkanes of at least 4 members (excludes halogenated alkanes) is 1. The van der Waals surface area contributed by atoms with Crippen LogP contribution in [0, 0.1) is 5.41 Å². The number of nitrogens with one attached hydrogen (secondary N) is 4. The summed E-state index contributed by atoms with van der Waals surface area (Å²) in [6.07, 6.45) is 7.66. The zero-order valence-electron chi connectivity index (χ0n) is 23.9. The predicted molar refractivity (Wildman–Crippen MR) is 160 cm³/mol. The number of amides is 2. The largest absolute Gasteiger partial charge is 0.405 e. The maximum absolute atomic E-state index is 13.6. The van der Waals surface area contributed by atoms with Crippen molar-refractivity contribution < 1.29 is 22.8 Å². The average molecular weight is 571 g/mol. The molecule has 0 saturated carbocycles. The second-order valence-electron chi connectivity index (χ2n) is 9.85. The first-order valence-corrected chi connectivity index (χ1v) is 13.9. The highest BCUT2D eigenvalue weighted by Crippen LogP contribution is 2.50. The Kier molecular flexibility index (Phi) is 13.0. The summed E-state index contributed by atoms with van der Waals surface area (Å²) in [5.74, 6) is -0.942. The molecule has 1 aromatic rings. The number of fused-ring (bicyclic) bond motifs is 1. The van der Waals surface area contributed by atoms with Gasteiger partial charge in [0.15, 0.2) is 0 Å². The molecule has 0 bridgehead atoms. The molecule has 1 aliphatic rings. The molecule has 4 N–H and O–H groups in total. The number of carbonyl (C=O) groups is 2. The summed E-state index contributed by atoms with van der Waals surface area (Å²) in [7, 11) is 0. The number of benzene rings is 1. The zero-order valence-corrected chi connectivity index (χ0v) is 23.9. The number of allylic oxidation sites excluding steroid dienone is 5. The molecule has 0 fully saturated rings. The Morgan fingerprint density at radius 3 is 2.49 bits per heavy atom. The van der Waals surface area contributed by atoms with E-state index in [1.54, 1.807) is 24.3 Å². The van der Waals surface area contributed by atoms with Gasteiger partial charge in [-0.3, -0.25) is 9.59 Å². The van der Waals surface area contributed by atoms with Gasteiger partial charge in [-0.1, -0.05) is 75.1 Å². The van der Waals surface area contributed by atoms with Gasteiger partial charge in [-0.25, -0.2) is 0 Å². The standard InChI is InChI=1S/C32H41F3N4O2/c1-5-13-27-25(8-4)26-14-9-10-15-28(26)31(27,30(41)38-22-32(33,34)35)18-11-12-20-37-21-17-24(7-3)39-29(40)23(6-2)16-19-36/h5-6,8-10,13-16,19,24,36-37H,2,4,7,11-12,17-18,20-22H2,1,3H3,(H,38,41)(H,39,40)/b13-5-,23-16+,36-19?. The van der Waals surface area contributed by atoms with Gasteiger partial charge in [0.25, 0.3) is 5.91 Å². The second kappa shape index (κ2) is 15.9. The number of rotatable bonds is 17. The Morgan fingerprint density at radius 1 is 1.15 bits per heavy atom. The molecule has 2 rings (SSSR count). The average Bonchev–Trinajstić information content (AvgIpc) is 3.22. The highest BCUT2D eigenvalue weighted by atomic mass is 19.4. The molecule has 1 aliphatic carbocycles. The first-order valence-electron chi connectivity index (χ1n) is 13.9. The van der Waals surface area contributed by atoms with Crippen molar-refractivity contribution in [2.45, 2.75) is 63.6 Å². The maximum Gasteiger partial charge on any atom is 0.405 e. The molecule has 2 unspecified atom stereocenters. The van der Waals surface area contributed by atoms with Gasteiger partial charge in [0, 0.05) is 17.8 Å². The molecular formula is C32H41F3N4O2. The lowest BCUT2D eigenvalue weighted by molar-refractivity contribution is -0.141. The van der Waals surface area contributed by atoms with Crippen LogP contribution in [0.25, 0.3) is 5.57 Å². The Balaban J connectivity index is 2.09. The highest BCUT2D eigenvalue weighted by Gasteiger charge is 2.49. The van der Waals surface area contributed by atoms with Crippen LogP contribution >= 0.6 is 0 Å². The molecule has 2 atom stereocenters. The van der Waals surface area contributed by atoms with Crippen LogP contribution in [0.5, 0.6) is 0 Å². The number of halogens is 3. The number of carbonyl (C=O) groups excluding carboxylic acids is 2. The van der Waals surface area contributed by atoms with Crippen LogP contribution < -0.4 is 16.0 Å². The summed E-state index contributed by atoms with van der Waals surface area (Å²) >= 11 is 0. The number of hydrogen-bond donors (Lipinski definition) is 4. The van der Waals surface area contributed by atoms with Crippen molar-refractivity contribution in [1.29, 1.82) is 5.41 Å². The van der Waals surface area contributed by atoms with Crippen LogP contribution in [0.4, 0.5) is 13.2 Å². The van der Waals surface area contributed by atoms with E-state index >= 15 is 0 Å². The smallest absolute Gasteiger partial charge is 0.349 e. The van der Waals surface area contributed by atoms with Crippen LogP contribution in [0.3, 0.4) is 0 Å². The van der Waals surface area contributed by atoms with E-state index in [4.69, 9.17) is 5.41 Å². The highest BCUT2D eigenvalue weighted by molar-refractivity contribution is 6.03. The summed E-state index contributed by atoms with van der Waals surface area (Å²) in [5, 5.41) is 15.6. The van der Waals surface area contributed by atoms with Crippen LogP contribution in [-0.4, -0.2) is 49.9 Å². The summed E-state index contributed by atoms with van der Waals surface area (Å²) in [6, 6.07) is 7.28. The Hall–Kier alpha value is -3.72. The van der Waals surface area contributed by atoms with Crippen molar-refractivity contribution in [2.24, 2.45) is 0 Å². The van der Waals surface area contributed by atoms with E-state index in [1.807, 2.05) is 32.0 Å². The van der Waals surface area contributed by atoms with Crippen LogP contribution in [-0.2, 0) is 15.0 Å². The monoisotopic (exact) mass is 570 g/mol. The van der Waals surface area contributed by atoms with E-state index in [2.05, 4.69) is 29.1 Å². The minimum atomic E-state index is -4.52. The van der Waals surface area contributed by atoms with Crippen LogP contribution in [0.1, 0.15) is 57.1 Å². The molecule has 0 saturated heterocycles. The Bertz CT molecular complexity index is 1200. The van der Waals surface area contributed by atoms with Crippen molar-refractivity contribution in [3.63, 3.8) is 0 Å². The van der Waals surface area contributed by atoms with Gasteiger partial charge < -0.3 is 21.4 Å². The zero-order chi connectivity index (χ0) is 30.5. The SMILES string of the molecule is C=CC1=C(/C=C\C)C(CCCCNCCC(CC)NC(=O)/C(C=C)=C/C=N)(C(=O)NCC(F)(F)F)c2ccccc21. The van der Waals surface area contributed by atoms with Crippen molar-refractivity contribution in [3.05, 3.63) is 90.1 Å². The molecule has 0 heterocycles. The van der Waals surface area contributed by atoms with Gasteiger partial charge in [-0.15, -0.1) is 0 Å². The first-order chi connectivity index (χ1) is 19.6. The fourth-order valence-corrected chi connectivity index (χ4v) is 5.20. The van der Waals surface area contributed by atoms with E-state index in [0.717, 1.165) is 23.8 Å². The lowest BCUT2D eigenvalue weighted by Crippen LogP contribution is -2.47. The summed E-state index contributed by atoms with van der Waals surface area (Å²) in [6.45, 7) is 11.2. The third-order valence-electron chi connectivity index (χ3n) is 7.20. The number of hydrogen-bond acceptors (Lipinski definition) is 4. The topological polar surface area (TPSA) is 94.1 Å². The minimum absolute atomic E-state index is 0.0504. The van der Waals surface area contributed by atoms with E-state index in [1.165, 1.54) is 12.2 Å². The molecule has 6 nitrogen and oxygen atoms in total. The van der Waals surface area contributed by atoms with Crippen molar-refractivity contribution in [3.8, 4) is 0 Å². The minimum Gasteiger partial charge on any atom is -0.349 e. The molecule has 0 radical (unpaired) electrons. The van der Waals surface area contributed by atoms with Crippen molar-refractivity contribution in [1.82, 2.24) is 16.0 Å². The first kappa shape index (κ1) is 33.5. The van der Waals surface area contributed by atoms with Crippen molar-refractivity contribution >= 4 is 23.6 Å².